The van der Waals surface area contributed by atoms with E-state index in [1.807, 2.05) is 30.3 Å². The molecule has 0 heterocycles. The maximum atomic E-state index is 5.20. The third kappa shape index (κ3) is 2.90. The second-order valence-corrected chi connectivity index (χ2v) is 4.49. The Hall–Kier alpha value is -0.426. The molecule has 0 N–H and O–H groups in total. The van der Waals surface area contributed by atoms with Gasteiger partial charge in [-0.05, 0) is 16.2 Å². The van der Waals surface area contributed by atoms with Crippen molar-refractivity contribution in [3.8, 4) is 0 Å². The molecule has 0 radical (unpaired) electrons. The summed E-state index contributed by atoms with van der Waals surface area (Å²) in [5.41, 5.74) is 0. The van der Waals surface area contributed by atoms with E-state index in [1.165, 1.54) is 5.19 Å². The molecule has 0 aromatic heterocycles. The van der Waals surface area contributed by atoms with Gasteiger partial charge in [0.15, 0.2) is 0 Å². The van der Waals surface area contributed by atoms with E-state index in [1.54, 1.807) is 14.2 Å². The Morgan fingerprint density at radius 1 is 1.00 bits per heavy atom. The maximum absolute atomic E-state index is 5.20. The zero-order chi connectivity index (χ0) is 8.10. The van der Waals surface area contributed by atoms with E-state index in [-0.39, 0.29) is 11.0 Å². The highest BCUT2D eigenvalue weighted by Gasteiger charge is 2.10. The van der Waals surface area contributed by atoms with E-state index in [0.717, 1.165) is 0 Å². The van der Waals surface area contributed by atoms with Gasteiger partial charge < -0.3 is 8.85 Å². The minimum atomic E-state index is -1.55. The molecule has 0 aliphatic heterocycles. The number of rotatable bonds is 3. The van der Waals surface area contributed by atoms with E-state index >= 15 is 0 Å². The lowest BCUT2D eigenvalue weighted by Crippen LogP contribution is -2.34. The standard InChI is InChI=1S/C8H12O2Si.H4Si/c1-9-11(10-2)8-6-4-3-5-7-8;/h3-7,11H,1-2H3;1H4. The van der Waals surface area contributed by atoms with Crippen LogP contribution in [0.25, 0.3) is 0 Å². The zero-order valence-electron chi connectivity index (χ0n) is 6.78. The van der Waals surface area contributed by atoms with Crippen LogP contribution in [0.2, 0.25) is 0 Å². The van der Waals surface area contributed by atoms with Gasteiger partial charge in [-0.1, -0.05) is 30.3 Å². The first kappa shape index (κ1) is 11.6. The third-order valence-corrected chi connectivity index (χ3v) is 3.29. The van der Waals surface area contributed by atoms with Crippen LogP contribution in [-0.4, -0.2) is 34.5 Å². The second-order valence-electron chi connectivity index (χ2n) is 2.21. The molecule has 68 valence electrons. The van der Waals surface area contributed by atoms with Gasteiger partial charge in [0, 0.05) is 14.2 Å². The predicted molar refractivity (Wildman–Crippen MR) is 58.6 cm³/mol. The van der Waals surface area contributed by atoms with E-state index in [9.17, 15) is 0 Å². The lowest BCUT2D eigenvalue weighted by Gasteiger charge is -2.09. The molecular weight excluding hydrogens is 184 g/mol. The smallest absolute Gasteiger partial charge is 0.355 e. The Labute approximate surface area is 79.4 Å². The zero-order valence-corrected chi connectivity index (χ0v) is 7.94. The van der Waals surface area contributed by atoms with Crippen LogP contribution in [0.5, 0.6) is 0 Å². The molecule has 2 nitrogen and oxygen atoms in total. The van der Waals surface area contributed by atoms with E-state index < -0.39 is 9.28 Å². The predicted octanol–water partition coefficient (Wildman–Crippen LogP) is -1.04. The first-order chi connectivity index (χ1) is 5.38. The molecule has 1 rings (SSSR count). The van der Waals surface area contributed by atoms with Crippen molar-refractivity contribution >= 4 is 25.4 Å². The summed E-state index contributed by atoms with van der Waals surface area (Å²) < 4.78 is 10.4. The van der Waals surface area contributed by atoms with Gasteiger partial charge >= 0.3 is 9.28 Å². The molecule has 0 aliphatic rings. The molecule has 0 fully saturated rings. The molecule has 0 bridgehead atoms. The molecule has 1 aromatic rings. The van der Waals surface area contributed by atoms with Crippen LogP contribution in [0.15, 0.2) is 30.3 Å². The van der Waals surface area contributed by atoms with Gasteiger partial charge in [0.1, 0.15) is 0 Å². The van der Waals surface area contributed by atoms with Crippen LogP contribution in [0, 0.1) is 0 Å². The molecular formula is C8H16O2Si2. The second kappa shape index (κ2) is 6.13. The normalized spacial score (nSPS) is 9.58. The summed E-state index contributed by atoms with van der Waals surface area (Å²) in [7, 11) is 1.83. The van der Waals surface area contributed by atoms with Crippen LogP contribution in [0.4, 0.5) is 0 Å². The molecule has 0 atom stereocenters. The van der Waals surface area contributed by atoms with Crippen molar-refractivity contribution < 1.29 is 8.85 Å². The Kier molecular flexibility index (Phi) is 5.91. The van der Waals surface area contributed by atoms with E-state index in [4.69, 9.17) is 8.85 Å². The van der Waals surface area contributed by atoms with Crippen LogP contribution in [-0.2, 0) is 8.85 Å². The molecule has 0 spiro atoms. The van der Waals surface area contributed by atoms with Gasteiger partial charge in [0.2, 0.25) is 0 Å². The van der Waals surface area contributed by atoms with E-state index in [0.29, 0.717) is 0 Å². The van der Waals surface area contributed by atoms with Crippen LogP contribution >= 0.6 is 0 Å². The summed E-state index contributed by atoms with van der Waals surface area (Å²) in [6, 6.07) is 10.0. The fourth-order valence-corrected chi connectivity index (χ4v) is 2.25. The molecule has 0 saturated heterocycles. The highest BCUT2D eigenvalue weighted by Crippen LogP contribution is 1.89. The van der Waals surface area contributed by atoms with Gasteiger partial charge in [-0.25, -0.2) is 0 Å². The quantitative estimate of drug-likeness (QED) is 0.580. The monoisotopic (exact) mass is 200 g/mol. The van der Waals surface area contributed by atoms with Crippen LogP contribution in [0.3, 0.4) is 0 Å². The van der Waals surface area contributed by atoms with Gasteiger partial charge in [-0.2, -0.15) is 0 Å². The number of benzene rings is 1. The maximum Gasteiger partial charge on any atom is 0.355 e. The van der Waals surface area contributed by atoms with Crippen LogP contribution in [0.1, 0.15) is 0 Å². The van der Waals surface area contributed by atoms with Crippen molar-refractivity contribution in [1.29, 1.82) is 0 Å². The van der Waals surface area contributed by atoms with Crippen molar-refractivity contribution in [1.82, 2.24) is 0 Å². The third-order valence-electron chi connectivity index (χ3n) is 1.50. The number of hydrogen-bond acceptors (Lipinski definition) is 2. The SMILES string of the molecule is CO[SiH](OC)c1ccccc1.[SiH4]. The topological polar surface area (TPSA) is 18.5 Å². The minimum absolute atomic E-state index is 0. The van der Waals surface area contributed by atoms with Gasteiger partial charge in [0.25, 0.3) is 0 Å². The fraction of sp³-hybridized carbons (Fsp3) is 0.250. The van der Waals surface area contributed by atoms with Gasteiger partial charge in [0.05, 0.1) is 0 Å². The summed E-state index contributed by atoms with van der Waals surface area (Å²) in [6.45, 7) is 0. The van der Waals surface area contributed by atoms with Crippen molar-refractivity contribution in [3.63, 3.8) is 0 Å². The first-order valence-corrected chi connectivity index (χ1v) is 5.01. The summed E-state index contributed by atoms with van der Waals surface area (Å²) in [5.74, 6) is 0. The minimum Gasteiger partial charge on any atom is -0.397 e. The Morgan fingerprint density at radius 2 is 1.50 bits per heavy atom. The highest BCUT2D eigenvalue weighted by molar-refractivity contribution is 6.61. The summed E-state index contributed by atoms with van der Waals surface area (Å²) in [6.07, 6.45) is 0. The van der Waals surface area contributed by atoms with Crippen LogP contribution < -0.4 is 5.19 Å². The average Bonchev–Trinajstić information content (AvgIpc) is 2.09. The lowest BCUT2D eigenvalue weighted by atomic mass is 10.4. The number of hydrogen-bond donors (Lipinski definition) is 0. The Morgan fingerprint density at radius 3 is 1.92 bits per heavy atom. The van der Waals surface area contributed by atoms with Crippen molar-refractivity contribution in [2.75, 3.05) is 14.2 Å². The average molecular weight is 200 g/mol. The first-order valence-electron chi connectivity index (χ1n) is 3.49. The molecule has 0 unspecified atom stereocenters. The summed E-state index contributed by atoms with van der Waals surface area (Å²) in [4.78, 5) is 0. The fourth-order valence-electron chi connectivity index (χ4n) is 0.979. The van der Waals surface area contributed by atoms with Gasteiger partial charge in [-0.3, -0.25) is 0 Å². The molecule has 12 heavy (non-hydrogen) atoms. The largest absolute Gasteiger partial charge is 0.397 e. The van der Waals surface area contributed by atoms with Crippen molar-refractivity contribution in [3.05, 3.63) is 30.3 Å². The molecule has 0 saturated carbocycles. The molecule has 0 amide bonds. The lowest BCUT2D eigenvalue weighted by molar-refractivity contribution is 0.292. The summed E-state index contributed by atoms with van der Waals surface area (Å²) >= 11 is 0. The molecule has 1 aromatic carbocycles. The Balaban J connectivity index is 0.00000121. The van der Waals surface area contributed by atoms with Crippen molar-refractivity contribution in [2.24, 2.45) is 0 Å². The Bertz CT molecular complexity index is 199. The highest BCUT2D eigenvalue weighted by atomic mass is 28.3. The van der Waals surface area contributed by atoms with E-state index in [2.05, 4.69) is 0 Å². The van der Waals surface area contributed by atoms with Crippen molar-refractivity contribution in [2.45, 2.75) is 0 Å². The van der Waals surface area contributed by atoms with Gasteiger partial charge in [-0.15, -0.1) is 0 Å². The molecule has 4 heteroatoms. The molecule has 0 aliphatic carbocycles. The summed E-state index contributed by atoms with van der Waals surface area (Å²) in [5, 5.41) is 1.18.